The summed E-state index contributed by atoms with van der Waals surface area (Å²) in [5.74, 6) is 0. The van der Waals surface area contributed by atoms with Gasteiger partial charge in [-0.3, -0.25) is 9.30 Å². The molecule has 2 N–H and O–H groups in total. The summed E-state index contributed by atoms with van der Waals surface area (Å²) in [4.78, 5) is 8.06. The molecule has 0 unspecified atom stereocenters. The summed E-state index contributed by atoms with van der Waals surface area (Å²) in [6.45, 7) is 1.40. The third-order valence-electron chi connectivity index (χ3n) is 2.00. The normalized spacial score (nSPS) is 11.3. The molecule has 80 valence electrons. The molecule has 2 heterocycles. The van der Waals surface area contributed by atoms with Gasteiger partial charge in [-0.25, -0.2) is 4.98 Å². The Bertz CT molecular complexity index is 445. The minimum Gasteiger partial charge on any atom is -0.392 e. The summed E-state index contributed by atoms with van der Waals surface area (Å²) in [6, 6.07) is 0. The summed E-state index contributed by atoms with van der Waals surface area (Å²) in [6.07, 6.45) is 4.03. The van der Waals surface area contributed by atoms with Gasteiger partial charge < -0.3 is 5.73 Å². The third kappa shape index (κ3) is 2.53. The molecule has 2 aromatic rings. The minimum atomic E-state index is 0.513. The van der Waals surface area contributed by atoms with E-state index in [9.17, 15) is 0 Å². The zero-order valence-electron chi connectivity index (χ0n) is 8.38. The van der Waals surface area contributed by atoms with Crippen LogP contribution >= 0.6 is 23.6 Å². The van der Waals surface area contributed by atoms with Crippen molar-refractivity contribution in [2.45, 2.75) is 6.54 Å². The first kappa shape index (κ1) is 10.5. The molecule has 15 heavy (non-hydrogen) atoms. The first-order valence-corrected chi connectivity index (χ1v) is 5.82. The van der Waals surface area contributed by atoms with E-state index < -0.39 is 0 Å². The van der Waals surface area contributed by atoms with Crippen molar-refractivity contribution in [3.05, 3.63) is 23.5 Å². The lowest BCUT2D eigenvalue weighted by Crippen LogP contribution is -2.29. The molecule has 6 heteroatoms. The van der Waals surface area contributed by atoms with Crippen molar-refractivity contribution >= 4 is 33.5 Å². The largest absolute Gasteiger partial charge is 0.392 e. The first-order chi connectivity index (χ1) is 7.15. The number of thiocarbonyl (C=S) groups is 1. The molecule has 0 atom stereocenters. The van der Waals surface area contributed by atoms with Gasteiger partial charge in [-0.15, -0.1) is 11.3 Å². The van der Waals surface area contributed by atoms with Crippen LogP contribution in [-0.4, -0.2) is 32.9 Å². The lowest BCUT2D eigenvalue weighted by atomic mass is 10.4. The average Bonchev–Trinajstić information content (AvgIpc) is 2.60. The molecule has 0 bridgehead atoms. The van der Waals surface area contributed by atoms with Gasteiger partial charge in [0.05, 0.1) is 10.7 Å². The van der Waals surface area contributed by atoms with Crippen molar-refractivity contribution in [1.82, 2.24) is 14.3 Å². The molecule has 0 fully saturated rings. The number of fused-ring (bicyclic) bond motifs is 1. The zero-order chi connectivity index (χ0) is 10.8. The Morgan fingerprint density at radius 3 is 3.20 bits per heavy atom. The third-order valence-corrected chi connectivity index (χ3v) is 2.90. The van der Waals surface area contributed by atoms with Gasteiger partial charge in [-0.2, -0.15) is 0 Å². The molecule has 0 aromatic carbocycles. The summed E-state index contributed by atoms with van der Waals surface area (Å²) < 4.78 is 2.02. The van der Waals surface area contributed by atoms with Crippen LogP contribution < -0.4 is 5.73 Å². The number of nitrogens with zero attached hydrogens (tertiary/aromatic N) is 3. The molecule has 0 aliphatic rings. The van der Waals surface area contributed by atoms with E-state index in [1.54, 1.807) is 11.3 Å². The number of hydrogen-bond donors (Lipinski definition) is 1. The van der Waals surface area contributed by atoms with Crippen LogP contribution in [0.2, 0.25) is 0 Å². The van der Waals surface area contributed by atoms with Crippen LogP contribution in [-0.2, 0) is 6.54 Å². The predicted octanol–water partition coefficient (Wildman–Crippen LogP) is 1.11. The van der Waals surface area contributed by atoms with Gasteiger partial charge in [0.15, 0.2) is 4.96 Å². The van der Waals surface area contributed by atoms with Gasteiger partial charge in [0, 0.05) is 30.9 Å². The Balaban J connectivity index is 2.05. The van der Waals surface area contributed by atoms with E-state index in [0.717, 1.165) is 17.2 Å². The SMILES string of the molecule is CN(CC(N)=S)Cc1cn2ccsc2n1. The van der Waals surface area contributed by atoms with Gasteiger partial charge in [0.1, 0.15) is 0 Å². The maximum atomic E-state index is 5.47. The van der Waals surface area contributed by atoms with Crippen molar-refractivity contribution in [3.63, 3.8) is 0 Å². The highest BCUT2D eigenvalue weighted by Crippen LogP contribution is 2.12. The highest BCUT2D eigenvalue weighted by molar-refractivity contribution is 7.80. The first-order valence-electron chi connectivity index (χ1n) is 4.53. The fourth-order valence-corrected chi connectivity index (χ4v) is 2.39. The lowest BCUT2D eigenvalue weighted by molar-refractivity contribution is 0.370. The molecule has 2 rings (SSSR count). The molecular formula is C9H12N4S2. The summed E-state index contributed by atoms with van der Waals surface area (Å²) in [5.41, 5.74) is 6.51. The highest BCUT2D eigenvalue weighted by Gasteiger charge is 2.06. The number of thiazole rings is 1. The molecule has 0 aliphatic heterocycles. The van der Waals surface area contributed by atoms with Crippen LogP contribution in [0.4, 0.5) is 0 Å². The number of likely N-dealkylation sites (N-methyl/N-ethyl adjacent to an activating group) is 1. The Morgan fingerprint density at radius 1 is 1.73 bits per heavy atom. The molecule has 0 radical (unpaired) electrons. The second-order valence-corrected chi connectivity index (χ2v) is 4.86. The lowest BCUT2D eigenvalue weighted by Gasteiger charge is -2.13. The molecule has 0 spiro atoms. The Labute approximate surface area is 97.3 Å². The van der Waals surface area contributed by atoms with Crippen LogP contribution in [0, 0.1) is 0 Å². The molecule has 4 nitrogen and oxygen atoms in total. The van der Waals surface area contributed by atoms with Crippen LogP contribution in [0.15, 0.2) is 17.8 Å². The zero-order valence-corrected chi connectivity index (χ0v) is 10.0. The van der Waals surface area contributed by atoms with E-state index >= 15 is 0 Å². The van der Waals surface area contributed by atoms with Gasteiger partial charge >= 0.3 is 0 Å². The summed E-state index contributed by atoms with van der Waals surface area (Å²) >= 11 is 6.48. The van der Waals surface area contributed by atoms with Gasteiger partial charge in [0.2, 0.25) is 0 Å². The number of rotatable bonds is 4. The van der Waals surface area contributed by atoms with Gasteiger partial charge in [0.25, 0.3) is 0 Å². The fourth-order valence-electron chi connectivity index (χ4n) is 1.45. The number of imidazole rings is 1. The maximum Gasteiger partial charge on any atom is 0.193 e. The highest BCUT2D eigenvalue weighted by atomic mass is 32.1. The van der Waals surface area contributed by atoms with E-state index in [1.807, 2.05) is 29.2 Å². The minimum absolute atomic E-state index is 0.513. The Kier molecular flexibility index (Phi) is 2.99. The number of nitrogens with two attached hydrogens (primary N) is 1. The van der Waals surface area contributed by atoms with Gasteiger partial charge in [-0.05, 0) is 7.05 Å². The van der Waals surface area contributed by atoms with Crippen LogP contribution in [0.25, 0.3) is 4.96 Å². The molecular weight excluding hydrogens is 228 g/mol. The Hall–Kier alpha value is -0.980. The van der Waals surface area contributed by atoms with E-state index in [2.05, 4.69) is 9.88 Å². The van der Waals surface area contributed by atoms with E-state index in [-0.39, 0.29) is 0 Å². The quantitative estimate of drug-likeness (QED) is 0.813. The molecule has 2 aromatic heterocycles. The van der Waals surface area contributed by atoms with Gasteiger partial charge in [-0.1, -0.05) is 12.2 Å². The standard InChI is InChI=1S/C9H12N4S2/c1-12(6-8(10)14)4-7-5-13-2-3-15-9(13)11-7/h2-3,5H,4,6H2,1H3,(H2,10,14). The van der Waals surface area contributed by atoms with Crippen LogP contribution in [0.5, 0.6) is 0 Å². The predicted molar refractivity (Wildman–Crippen MR) is 66.2 cm³/mol. The van der Waals surface area contributed by atoms with Crippen molar-refractivity contribution in [2.24, 2.45) is 5.73 Å². The second kappa shape index (κ2) is 4.26. The van der Waals surface area contributed by atoms with Crippen molar-refractivity contribution < 1.29 is 0 Å². The summed E-state index contributed by atoms with van der Waals surface area (Å²) in [7, 11) is 1.98. The fraction of sp³-hybridized carbons (Fsp3) is 0.333. The van der Waals surface area contributed by atoms with E-state index in [0.29, 0.717) is 11.5 Å². The topological polar surface area (TPSA) is 46.6 Å². The number of hydrogen-bond acceptors (Lipinski definition) is 4. The van der Waals surface area contributed by atoms with Crippen molar-refractivity contribution in [3.8, 4) is 0 Å². The Morgan fingerprint density at radius 2 is 2.53 bits per heavy atom. The smallest absolute Gasteiger partial charge is 0.193 e. The average molecular weight is 240 g/mol. The number of aromatic nitrogens is 2. The summed E-state index contributed by atoms with van der Waals surface area (Å²) in [5, 5.41) is 2.02. The maximum absolute atomic E-state index is 5.47. The second-order valence-electron chi connectivity index (χ2n) is 3.46. The van der Waals surface area contributed by atoms with E-state index in [1.165, 1.54) is 0 Å². The van der Waals surface area contributed by atoms with Crippen LogP contribution in [0.3, 0.4) is 0 Å². The molecule has 0 amide bonds. The molecule has 0 aliphatic carbocycles. The molecule has 0 saturated carbocycles. The van der Waals surface area contributed by atoms with Crippen LogP contribution in [0.1, 0.15) is 5.69 Å². The molecule has 0 saturated heterocycles. The van der Waals surface area contributed by atoms with E-state index in [4.69, 9.17) is 18.0 Å². The van der Waals surface area contributed by atoms with Crippen molar-refractivity contribution in [2.75, 3.05) is 13.6 Å². The monoisotopic (exact) mass is 240 g/mol. The van der Waals surface area contributed by atoms with Crippen molar-refractivity contribution in [1.29, 1.82) is 0 Å².